The molecule has 1 N–H and O–H groups in total. The largest absolute Gasteiger partial charge is 0.320 e. The monoisotopic (exact) mass is 273 g/mol. The maximum absolute atomic E-state index is 12.4. The second-order valence-corrected chi connectivity index (χ2v) is 6.79. The number of hydrogen-bond acceptors (Lipinski definition) is 4. The van der Waals surface area contributed by atoms with Crippen molar-refractivity contribution in [3.05, 3.63) is 0 Å². The lowest BCUT2D eigenvalue weighted by atomic mass is 10.0. The average Bonchev–Trinajstić information content (AvgIpc) is 2.37. The highest BCUT2D eigenvalue weighted by molar-refractivity contribution is 7.90. The zero-order valence-corrected chi connectivity index (χ0v) is 12.0. The summed E-state index contributed by atoms with van der Waals surface area (Å²) < 4.78 is 26.4. The first-order chi connectivity index (χ1) is 8.57. The number of nitriles is 1. The van der Waals surface area contributed by atoms with Gasteiger partial charge in [-0.15, -0.1) is 0 Å². The SMILES string of the molecule is CCC(C#N)S(=O)(=O)N1CCCCC1CCNC. The van der Waals surface area contributed by atoms with Crippen LogP contribution in [-0.2, 0) is 10.0 Å². The molecule has 6 heteroatoms. The van der Waals surface area contributed by atoms with Crippen LogP contribution >= 0.6 is 0 Å². The number of hydrogen-bond donors (Lipinski definition) is 1. The van der Waals surface area contributed by atoms with Gasteiger partial charge in [0, 0.05) is 12.6 Å². The lowest BCUT2D eigenvalue weighted by Crippen LogP contribution is -2.48. The van der Waals surface area contributed by atoms with E-state index in [1.54, 1.807) is 11.2 Å². The molecule has 1 fully saturated rings. The topological polar surface area (TPSA) is 73.2 Å². The Bertz CT molecular complexity index is 389. The van der Waals surface area contributed by atoms with Crippen molar-refractivity contribution in [2.24, 2.45) is 0 Å². The molecule has 0 radical (unpaired) electrons. The van der Waals surface area contributed by atoms with Gasteiger partial charge in [-0.25, -0.2) is 8.42 Å². The lowest BCUT2D eigenvalue weighted by molar-refractivity contribution is 0.239. The van der Waals surface area contributed by atoms with Gasteiger partial charge in [-0.2, -0.15) is 9.57 Å². The third kappa shape index (κ3) is 3.44. The predicted octanol–water partition coefficient (Wildman–Crippen LogP) is 1.08. The van der Waals surface area contributed by atoms with Crippen LogP contribution in [-0.4, -0.2) is 44.2 Å². The lowest BCUT2D eigenvalue weighted by Gasteiger charge is -2.35. The van der Waals surface area contributed by atoms with Crippen molar-refractivity contribution in [2.45, 2.75) is 50.3 Å². The number of nitrogens with one attached hydrogen (secondary N) is 1. The molecule has 2 unspecified atom stereocenters. The Morgan fingerprint density at radius 3 is 2.78 bits per heavy atom. The molecule has 0 aliphatic carbocycles. The van der Waals surface area contributed by atoms with E-state index in [4.69, 9.17) is 5.26 Å². The third-order valence-corrected chi connectivity index (χ3v) is 5.79. The molecule has 18 heavy (non-hydrogen) atoms. The average molecular weight is 273 g/mol. The van der Waals surface area contributed by atoms with Gasteiger partial charge in [0.05, 0.1) is 6.07 Å². The van der Waals surface area contributed by atoms with Gasteiger partial charge in [0.15, 0.2) is 5.25 Å². The summed E-state index contributed by atoms with van der Waals surface area (Å²) in [5, 5.41) is 11.1. The molecule has 0 amide bonds. The molecule has 0 saturated carbocycles. The molecule has 104 valence electrons. The summed E-state index contributed by atoms with van der Waals surface area (Å²) in [7, 11) is -1.59. The molecule has 0 aromatic rings. The summed E-state index contributed by atoms with van der Waals surface area (Å²) >= 11 is 0. The number of piperidine rings is 1. The van der Waals surface area contributed by atoms with Crippen LogP contribution in [0.1, 0.15) is 39.0 Å². The second kappa shape index (κ2) is 7.07. The van der Waals surface area contributed by atoms with Crippen molar-refractivity contribution in [3.63, 3.8) is 0 Å². The van der Waals surface area contributed by atoms with E-state index in [0.717, 1.165) is 32.2 Å². The molecule has 0 aromatic heterocycles. The fourth-order valence-corrected chi connectivity index (χ4v) is 4.33. The van der Waals surface area contributed by atoms with Crippen LogP contribution in [0.4, 0.5) is 0 Å². The Morgan fingerprint density at radius 2 is 2.22 bits per heavy atom. The summed E-state index contributed by atoms with van der Waals surface area (Å²) in [5.41, 5.74) is 0. The van der Waals surface area contributed by atoms with Gasteiger partial charge >= 0.3 is 0 Å². The smallest absolute Gasteiger partial charge is 0.230 e. The molecule has 0 aromatic carbocycles. The Kier molecular flexibility index (Phi) is 6.06. The molecule has 2 atom stereocenters. The van der Waals surface area contributed by atoms with Crippen molar-refractivity contribution in [1.29, 1.82) is 5.26 Å². The fraction of sp³-hybridized carbons (Fsp3) is 0.917. The van der Waals surface area contributed by atoms with Gasteiger partial charge in [0.1, 0.15) is 0 Å². The minimum Gasteiger partial charge on any atom is -0.320 e. The highest BCUT2D eigenvalue weighted by Gasteiger charge is 2.36. The van der Waals surface area contributed by atoms with E-state index in [1.807, 2.05) is 13.1 Å². The van der Waals surface area contributed by atoms with E-state index in [2.05, 4.69) is 5.32 Å². The van der Waals surface area contributed by atoms with Crippen molar-refractivity contribution < 1.29 is 8.42 Å². The van der Waals surface area contributed by atoms with Crippen LogP contribution in [0.5, 0.6) is 0 Å². The maximum atomic E-state index is 12.4. The van der Waals surface area contributed by atoms with Crippen LogP contribution in [0.15, 0.2) is 0 Å². The van der Waals surface area contributed by atoms with Gasteiger partial charge in [0.25, 0.3) is 0 Å². The van der Waals surface area contributed by atoms with E-state index in [-0.39, 0.29) is 6.04 Å². The minimum atomic E-state index is -3.46. The molecular weight excluding hydrogens is 250 g/mol. The highest BCUT2D eigenvalue weighted by Crippen LogP contribution is 2.25. The van der Waals surface area contributed by atoms with E-state index < -0.39 is 15.3 Å². The van der Waals surface area contributed by atoms with E-state index >= 15 is 0 Å². The van der Waals surface area contributed by atoms with Crippen LogP contribution in [0.25, 0.3) is 0 Å². The molecule has 1 aliphatic rings. The van der Waals surface area contributed by atoms with Gasteiger partial charge in [-0.3, -0.25) is 0 Å². The molecule has 0 spiro atoms. The van der Waals surface area contributed by atoms with Crippen LogP contribution in [0.3, 0.4) is 0 Å². The first-order valence-corrected chi connectivity index (χ1v) is 8.13. The molecular formula is C12H23N3O2S. The number of nitrogens with zero attached hydrogens (tertiary/aromatic N) is 2. The van der Waals surface area contributed by atoms with Crippen molar-refractivity contribution in [1.82, 2.24) is 9.62 Å². The zero-order chi connectivity index (χ0) is 13.6. The molecule has 1 rings (SSSR count). The summed E-state index contributed by atoms with van der Waals surface area (Å²) in [6.07, 6.45) is 4.05. The predicted molar refractivity (Wildman–Crippen MR) is 71.5 cm³/mol. The normalized spacial score (nSPS) is 23.5. The first kappa shape index (κ1) is 15.4. The van der Waals surface area contributed by atoms with Gasteiger partial charge in [-0.1, -0.05) is 13.3 Å². The first-order valence-electron chi connectivity index (χ1n) is 6.62. The molecule has 1 aliphatic heterocycles. The summed E-state index contributed by atoms with van der Waals surface area (Å²) in [6.45, 7) is 3.12. The molecule has 5 nitrogen and oxygen atoms in total. The Balaban J connectivity index is 2.85. The standard InChI is InChI=1S/C12H23N3O2S/c1-3-12(10-13)18(16,17)15-9-5-4-6-11(15)7-8-14-2/h11-12,14H,3-9H2,1-2H3. The number of sulfonamides is 1. The zero-order valence-electron chi connectivity index (χ0n) is 11.2. The van der Waals surface area contributed by atoms with Crippen LogP contribution in [0, 0.1) is 11.3 Å². The van der Waals surface area contributed by atoms with Gasteiger partial charge < -0.3 is 5.32 Å². The summed E-state index contributed by atoms with van der Waals surface area (Å²) in [5.74, 6) is 0. The Labute approximate surface area is 110 Å². The van der Waals surface area contributed by atoms with Crippen molar-refractivity contribution in [2.75, 3.05) is 20.1 Å². The number of rotatable bonds is 6. The quantitative estimate of drug-likeness (QED) is 0.786. The maximum Gasteiger partial charge on any atom is 0.230 e. The molecule has 1 saturated heterocycles. The molecule has 1 heterocycles. The summed E-state index contributed by atoms with van der Waals surface area (Å²) in [4.78, 5) is 0. The Morgan fingerprint density at radius 1 is 1.50 bits per heavy atom. The van der Waals surface area contributed by atoms with Crippen LogP contribution < -0.4 is 5.32 Å². The molecule has 0 bridgehead atoms. The van der Waals surface area contributed by atoms with E-state index in [0.29, 0.717) is 13.0 Å². The minimum absolute atomic E-state index is 0.0543. The van der Waals surface area contributed by atoms with Crippen molar-refractivity contribution in [3.8, 4) is 6.07 Å². The second-order valence-electron chi connectivity index (χ2n) is 4.72. The van der Waals surface area contributed by atoms with Gasteiger partial charge in [0.2, 0.25) is 10.0 Å². The summed E-state index contributed by atoms with van der Waals surface area (Å²) in [6, 6.07) is 1.97. The van der Waals surface area contributed by atoms with Crippen LogP contribution in [0.2, 0.25) is 0 Å². The van der Waals surface area contributed by atoms with Crippen molar-refractivity contribution >= 4 is 10.0 Å². The third-order valence-electron chi connectivity index (χ3n) is 3.50. The highest BCUT2D eigenvalue weighted by atomic mass is 32.2. The fourth-order valence-electron chi connectivity index (χ4n) is 2.44. The Hall–Kier alpha value is -0.640. The van der Waals surface area contributed by atoms with E-state index in [9.17, 15) is 8.42 Å². The van der Waals surface area contributed by atoms with E-state index in [1.165, 1.54) is 0 Å². The van der Waals surface area contributed by atoms with Gasteiger partial charge in [-0.05, 0) is 39.3 Å².